The van der Waals surface area contributed by atoms with Crippen LogP contribution in [0, 0.1) is 6.92 Å². The number of ether oxygens (including phenoxy) is 2. The molecule has 0 atom stereocenters. The van der Waals surface area contributed by atoms with Crippen molar-refractivity contribution in [1.82, 2.24) is 0 Å². The molecule has 0 aromatic heterocycles. The van der Waals surface area contributed by atoms with Gasteiger partial charge in [-0.1, -0.05) is 58.4 Å². The molecule has 3 aromatic carbocycles. The molecule has 0 radical (unpaired) electrons. The van der Waals surface area contributed by atoms with Crippen LogP contribution in [0.25, 0.3) is 0 Å². The van der Waals surface area contributed by atoms with Gasteiger partial charge in [-0.05, 0) is 61.2 Å². The van der Waals surface area contributed by atoms with Gasteiger partial charge in [0.05, 0.1) is 17.7 Å². The monoisotopic (exact) mass is 452 g/mol. The molecule has 0 unspecified atom stereocenters. The molecule has 0 aliphatic heterocycles. The number of halogens is 1. The van der Waals surface area contributed by atoms with E-state index in [9.17, 15) is 9.59 Å². The predicted octanol–water partition coefficient (Wildman–Crippen LogP) is 5.77. The quantitative estimate of drug-likeness (QED) is 0.259. The van der Waals surface area contributed by atoms with Gasteiger partial charge in [0.25, 0.3) is 0 Å². The molecule has 0 aliphatic rings. The minimum absolute atomic E-state index is 0.297. The standard InChI is InChI=1S/C24H21BrO4/c1-17-12-13-20(16-22(17)25)24(27)29-21-11-5-10-19(15-21)23(26)28-14-6-9-18-7-3-2-4-8-18/h2-5,7-8,10-13,15-16H,6,9,14H2,1H3. The van der Waals surface area contributed by atoms with Gasteiger partial charge in [0.15, 0.2) is 0 Å². The van der Waals surface area contributed by atoms with E-state index in [2.05, 4.69) is 15.9 Å². The summed E-state index contributed by atoms with van der Waals surface area (Å²) in [5, 5.41) is 0. The smallest absolute Gasteiger partial charge is 0.343 e. The second kappa shape index (κ2) is 10.0. The molecule has 0 spiro atoms. The van der Waals surface area contributed by atoms with E-state index in [1.54, 1.807) is 30.3 Å². The summed E-state index contributed by atoms with van der Waals surface area (Å²) in [5.74, 6) is -0.626. The van der Waals surface area contributed by atoms with Crippen LogP contribution in [-0.2, 0) is 11.2 Å². The van der Waals surface area contributed by atoms with Crippen LogP contribution >= 0.6 is 15.9 Å². The number of benzene rings is 3. The summed E-state index contributed by atoms with van der Waals surface area (Å²) in [4.78, 5) is 24.6. The molecule has 0 bridgehead atoms. The first-order chi connectivity index (χ1) is 14.0. The lowest BCUT2D eigenvalue weighted by molar-refractivity contribution is 0.0498. The van der Waals surface area contributed by atoms with E-state index >= 15 is 0 Å². The molecule has 0 heterocycles. The van der Waals surface area contributed by atoms with Crippen molar-refractivity contribution >= 4 is 27.9 Å². The third kappa shape index (κ3) is 6.03. The van der Waals surface area contributed by atoms with Gasteiger partial charge in [-0.25, -0.2) is 9.59 Å². The van der Waals surface area contributed by atoms with Crippen molar-refractivity contribution in [3.8, 4) is 5.75 Å². The fraction of sp³-hybridized carbons (Fsp3) is 0.167. The number of aryl methyl sites for hydroxylation is 2. The van der Waals surface area contributed by atoms with Crippen molar-refractivity contribution in [1.29, 1.82) is 0 Å². The van der Waals surface area contributed by atoms with Crippen LogP contribution in [0.2, 0.25) is 0 Å². The third-order valence-corrected chi connectivity index (χ3v) is 5.23. The molecular weight excluding hydrogens is 432 g/mol. The molecule has 0 N–H and O–H groups in total. The fourth-order valence-corrected chi connectivity index (χ4v) is 3.12. The minimum Gasteiger partial charge on any atom is -0.462 e. The van der Waals surface area contributed by atoms with E-state index in [0.717, 1.165) is 22.9 Å². The Morgan fingerprint density at radius 3 is 2.38 bits per heavy atom. The first kappa shape index (κ1) is 20.8. The van der Waals surface area contributed by atoms with Gasteiger partial charge in [-0.3, -0.25) is 0 Å². The molecule has 0 aliphatic carbocycles. The van der Waals surface area contributed by atoms with Crippen LogP contribution in [0.15, 0.2) is 77.3 Å². The van der Waals surface area contributed by atoms with Gasteiger partial charge in [0, 0.05) is 4.47 Å². The minimum atomic E-state index is -0.487. The zero-order valence-electron chi connectivity index (χ0n) is 16.1. The number of esters is 2. The Bertz CT molecular complexity index is 999. The van der Waals surface area contributed by atoms with Gasteiger partial charge < -0.3 is 9.47 Å². The topological polar surface area (TPSA) is 52.6 Å². The van der Waals surface area contributed by atoms with Crippen molar-refractivity contribution < 1.29 is 19.1 Å². The lowest BCUT2D eigenvalue weighted by Gasteiger charge is -2.08. The highest BCUT2D eigenvalue weighted by molar-refractivity contribution is 9.10. The van der Waals surface area contributed by atoms with Crippen LogP contribution in [0.5, 0.6) is 5.75 Å². The maximum absolute atomic E-state index is 12.3. The number of carbonyl (C=O) groups excluding carboxylic acids is 2. The summed E-state index contributed by atoms with van der Waals surface area (Å²) >= 11 is 3.41. The van der Waals surface area contributed by atoms with Crippen molar-refractivity contribution in [3.63, 3.8) is 0 Å². The number of carbonyl (C=O) groups is 2. The van der Waals surface area contributed by atoms with Crippen LogP contribution in [0.1, 0.15) is 38.3 Å². The van der Waals surface area contributed by atoms with Gasteiger partial charge >= 0.3 is 11.9 Å². The highest BCUT2D eigenvalue weighted by Gasteiger charge is 2.13. The fourth-order valence-electron chi connectivity index (χ4n) is 2.74. The van der Waals surface area contributed by atoms with Gasteiger partial charge in [-0.15, -0.1) is 0 Å². The van der Waals surface area contributed by atoms with Crippen molar-refractivity contribution in [2.75, 3.05) is 6.61 Å². The summed E-state index contributed by atoms with van der Waals surface area (Å²) in [6.07, 6.45) is 1.59. The zero-order chi connectivity index (χ0) is 20.6. The van der Waals surface area contributed by atoms with E-state index in [0.29, 0.717) is 23.5 Å². The molecule has 0 amide bonds. The SMILES string of the molecule is Cc1ccc(C(=O)Oc2cccc(C(=O)OCCCc3ccccc3)c2)cc1Br. The Kier molecular flexibility index (Phi) is 7.19. The molecule has 5 heteroatoms. The van der Waals surface area contributed by atoms with E-state index in [-0.39, 0.29) is 0 Å². The Morgan fingerprint density at radius 1 is 0.862 bits per heavy atom. The summed E-state index contributed by atoms with van der Waals surface area (Å²) in [6.45, 7) is 2.27. The highest BCUT2D eigenvalue weighted by atomic mass is 79.9. The molecule has 0 saturated heterocycles. The zero-order valence-corrected chi connectivity index (χ0v) is 17.6. The first-order valence-electron chi connectivity index (χ1n) is 9.32. The molecule has 148 valence electrons. The second-order valence-corrected chi connectivity index (χ2v) is 7.46. The summed E-state index contributed by atoms with van der Waals surface area (Å²) in [6, 6.07) is 21.7. The summed E-state index contributed by atoms with van der Waals surface area (Å²) in [7, 11) is 0. The lowest BCUT2D eigenvalue weighted by Crippen LogP contribution is -2.10. The Morgan fingerprint density at radius 2 is 1.62 bits per heavy atom. The van der Waals surface area contributed by atoms with Crippen molar-refractivity contribution in [3.05, 3.63) is 99.5 Å². The van der Waals surface area contributed by atoms with Crippen LogP contribution in [0.3, 0.4) is 0 Å². The largest absolute Gasteiger partial charge is 0.462 e. The summed E-state index contributed by atoms with van der Waals surface area (Å²) in [5.41, 5.74) is 3.01. The lowest BCUT2D eigenvalue weighted by atomic mass is 10.1. The molecule has 3 aromatic rings. The normalized spacial score (nSPS) is 10.4. The van der Waals surface area contributed by atoms with E-state index in [4.69, 9.17) is 9.47 Å². The number of hydrogen-bond donors (Lipinski definition) is 0. The average molecular weight is 453 g/mol. The molecule has 3 rings (SSSR count). The second-order valence-electron chi connectivity index (χ2n) is 6.61. The van der Waals surface area contributed by atoms with Crippen molar-refractivity contribution in [2.45, 2.75) is 19.8 Å². The maximum atomic E-state index is 12.3. The average Bonchev–Trinajstić information content (AvgIpc) is 2.74. The molecule has 4 nitrogen and oxygen atoms in total. The number of rotatable bonds is 7. The summed E-state index contributed by atoms with van der Waals surface area (Å²) < 4.78 is 11.6. The van der Waals surface area contributed by atoms with E-state index in [1.807, 2.05) is 43.3 Å². The molecule has 0 saturated carbocycles. The molecule has 29 heavy (non-hydrogen) atoms. The first-order valence-corrected chi connectivity index (χ1v) is 10.1. The van der Waals surface area contributed by atoms with Crippen LogP contribution in [-0.4, -0.2) is 18.5 Å². The van der Waals surface area contributed by atoms with Gasteiger partial charge in [0.1, 0.15) is 5.75 Å². The molecule has 0 fully saturated rings. The van der Waals surface area contributed by atoms with Crippen LogP contribution < -0.4 is 4.74 Å². The third-order valence-electron chi connectivity index (χ3n) is 4.37. The predicted molar refractivity (Wildman–Crippen MR) is 115 cm³/mol. The number of hydrogen-bond acceptors (Lipinski definition) is 4. The van der Waals surface area contributed by atoms with Crippen LogP contribution in [0.4, 0.5) is 0 Å². The highest BCUT2D eigenvalue weighted by Crippen LogP contribution is 2.20. The van der Waals surface area contributed by atoms with E-state index < -0.39 is 11.9 Å². The maximum Gasteiger partial charge on any atom is 0.343 e. The van der Waals surface area contributed by atoms with E-state index in [1.165, 1.54) is 11.6 Å². The molecular formula is C24H21BrO4. The van der Waals surface area contributed by atoms with Gasteiger partial charge in [0.2, 0.25) is 0 Å². The Hall–Kier alpha value is -2.92. The van der Waals surface area contributed by atoms with Gasteiger partial charge in [-0.2, -0.15) is 0 Å². The Labute approximate surface area is 178 Å². The Balaban J connectivity index is 1.54. The van der Waals surface area contributed by atoms with Crippen molar-refractivity contribution in [2.24, 2.45) is 0 Å².